The first-order valence-electron chi connectivity index (χ1n) is 7.83. The Morgan fingerprint density at radius 2 is 2.05 bits per heavy atom. The van der Waals surface area contributed by atoms with Crippen molar-refractivity contribution in [2.45, 2.75) is 32.4 Å². The number of hydrogen-bond acceptors (Lipinski definition) is 3. The molecule has 3 heteroatoms. The maximum Gasteiger partial charge on any atom is 0.0613 e. The SMILES string of the molecule is CCC1OCCC1CNCc1ccc(-c2ccccc2)s1. The van der Waals surface area contributed by atoms with Crippen LogP contribution in [-0.4, -0.2) is 19.3 Å². The summed E-state index contributed by atoms with van der Waals surface area (Å²) in [5.74, 6) is 0.684. The molecular weight excluding hydrogens is 278 g/mol. The third-order valence-electron chi connectivity index (χ3n) is 4.17. The van der Waals surface area contributed by atoms with E-state index in [1.54, 1.807) is 0 Å². The lowest BCUT2D eigenvalue weighted by molar-refractivity contribution is 0.0872. The molecule has 0 amide bonds. The van der Waals surface area contributed by atoms with Crippen molar-refractivity contribution in [3.63, 3.8) is 0 Å². The Morgan fingerprint density at radius 3 is 2.86 bits per heavy atom. The third-order valence-corrected chi connectivity index (χ3v) is 5.31. The minimum absolute atomic E-state index is 0.459. The second kappa shape index (κ2) is 7.21. The number of nitrogens with one attached hydrogen (secondary N) is 1. The van der Waals surface area contributed by atoms with Gasteiger partial charge in [0.05, 0.1) is 6.10 Å². The average molecular weight is 301 g/mol. The van der Waals surface area contributed by atoms with Gasteiger partial charge in [0.15, 0.2) is 0 Å². The summed E-state index contributed by atoms with van der Waals surface area (Å²) in [7, 11) is 0. The van der Waals surface area contributed by atoms with Crippen LogP contribution in [0.15, 0.2) is 42.5 Å². The summed E-state index contributed by atoms with van der Waals surface area (Å²) in [5, 5.41) is 3.60. The molecule has 2 aromatic rings. The highest BCUT2D eigenvalue weighted by molar-refractivity contribution is 7.15. The van der Waals surface area contributed by atoms with Gasteiger partial charge in [-0.2, -0.15) is 0 Å². The summed E-state index contributed by atoms with van der Waals surface area (Å²) in [6.45, 7) is 5.18. The number of ether oxygens (including phenoxy) is 1. The van der Waals surface area contributed by atoms with E-state index in [0.717, 1.165) is 26.1 Å². The van der Waals surface area contributed by atoms with Crippen molar-refractivity contribution >= 4 is 11.3 Å². The van der Waals surface area contributed by atoms with E-state index < -0.39 is 0 Å². The first-order valence-corrected chi connectivity index (χ1v) is 8.65. The molecule has 2 heterocycles. The van der Waals surface area contributed by atoms with Crippen LogP contribution >= 0.6 is 11.3 Å². The summed E-state index contributed by atoms with van der Waals surface area (Å²) < 4.78 is 5.74. The highest BCUT2D eigenvalue weighted by Crippen LogP contribution is 2.28. The fourth-order valence-corrected chi connectivity index (χ4v) is 3.97. The van der Waals surface area contributed by atoms with Crippen molar-refractivity contribution in [2.75, 3.05) is 13.2 Å². The van der Waals surface area contributed by atoms with Crippen LogP contribution in [0.3, 0.4) is 0 Å². The number of hydrogen-bond donors (Lipinski definition) is 1. The van der Waals surface area contributed by atoms with Crippen LogP contribution in [0.2, 0.25) is 0 Å². The lowest BCUT2D eigenvalue weighted by atomic mass is 10.00. The van der Waals surface area contributed by atoms with Gasteiger partial charge >= 0.3 is 0 Å². The van der Waals surface area contributed by atoms with Gasteiger partial charge in [-0.1, -0.05) is 37.3 Å². The molecule has 1 aliphatic rings. The second-order valence-corrected chi connectivity index (χ2v) is 6.80. The van der Waals surface area contributed by atoms with Crippen molar-refractivity contribution in [3.05, 3.63) is 47.3 Å². The smallest absolute Gasteiger partial charge is 0.0613 e. The zero-order chi connectivity index (χ0) is 14.5. The molecule has 0 radical (unpaired) electrons. The fraction of sp³-hybridized carbons (Fsp3) is 0.444. The predicted molar refractivity (Wildman–Crippen MR) is 89.6 cm³/mol. The van der Waals surface area contributed by atoms with E-state index >= 15 is 0 Å². The summed E-state index contributed by atoms with van der Waals surface area (Å²) >= 11 is 1.88. The zero-order valence-electron chi connectivity index (χ0n) is 12.5. The summed E-state index contributed by atoms with van der Waals surface area (Å²) in [4.78, 5) is 2.75. The first kappa shape index (κ1) is 14.8. The Labute approximate surface area is 131 Å². The Hall–Kier alpha value is -1.16. The molecule has 3 rings (SSSR count). The van der Waals surface area contributed by atoms with Gasteiger partial charge in [-0.05, 0) is 36.5 Å². The monoisotopic (exact) mass is 301 g/mol. The molecule has 1 aromatic heterocycles. The van der Waals surface area contributed by atoms with E-state index in [4.69, 9.17) is 4.74 Å². The van der Waals surface area contributed by atoms with Crippen LogP contribution in [0, 0.1) is 5.92 Å². The van der Waals surface area contributed by atoms with Crippen molar-refractivity contribution in [2.24, 2.45) is 5.92 Å². The maximum atomic E-state index is 5.74. The topological polar surface area (TPSA) is 21.3 Å². The maximum absolute atomic E-state index is 5.74. The van der Waals surface area contributed by atoms with Gasteiger partial charge in [0, 0.05) is 29.5 Å². The molecule has 2 nitrogen and oxygen atoms in total. The Morgan fingerprint density at radius 1 is 1.19 bits per heavy atom. The number of benzene rings is 1. The predicted octanol–water partition coefficient (Wildman–Crippen LogP) is 4.32. The van der Waals surface area contributed by atoms with Crippen LogP contribution < -0.4 is 5.32 Å². The summed E-state index contributed by atoms with van der Waals surface area (Å²) in [5.41, 5.74) is 1.31. The highest BCUT2D eigenvalue weighted by Gasteiger charge is 2.25. The van der Waals surface area contributed by atoms with E-state index in [0.29, 0.717) is 12.0 Å². The Kier molecular flexibility index (Phi) is 5.07. The van der Waals surface area contributed by atoms with E-state index in [2.05, 4.69) is 54.7 Å². The molecule has 0 spiro atoms. The number of rotatable bonds is 6. The van der Waals surface area contributed by atoms with Crippen LogP contribution in [0.25, 0.3) is 10.4 Å². The molecule has 0 saturated carbocycles. The van der Waals surface area contributed by atoms with Gasteiger partial charge in [0.25, 0.3) is 0 Å². The molecule has 1 N–H and O–H groups in total. The lowest BCUT2D eigenvalue weighted by Crippen LogP contribution is -2.27. The van der Waals surface area contributed by atoms with E-state index in [1.807, 2.05) is 11.3 Å². The van der Waals surface area contributed by atoms with Gasteiger partial charge < -0.3 is 10.1 Å². The molecule has 0 bridgehead atoms. The minimum atomic E-state index is 0.459. The molecular formula is C18H23NOS. The van der Waals surface area contributed by atoms with Crippen LogP contribution in [-0.2, 0) is 11.3 Å². The van der Waals surface area contributed by atoms with Crippen molar-refractivity contribution in [1.29, 1.82) is 0 Å². The average Bonchev–Trinajstić information content (AvgIpc) is 3.17. The molecule has 1 saturated heterocycles. The Bertz CT molecular complexity index is 551. The molecule has 0 aliphatic carbocycles. The summed E-state index contributed by atoms with van der Waals surface area (Å²) in [6.07, 6.45) is 2.79. The van der Waals surface area contributed by atoms with Crippen LogP contribution in [0.1, 0.15) is 24.6 Å². The standard InChI is InChI=1S/C18H23NOS/c1-2-17-15(10-11-20-17)12-19-13-16-8-9-18(21-16)14-6-4-3-5-7-14/h3-9,15,17,19H,2,10-13H2,1H3. The van der Waals surface area contributed by atoms with Gasteiger partial charge in [0.1, 0.15) is 0 Å². The third kappa shape index (κ3) is 3.73. The van der Waals surface area contributed by atoms with Crippen molar-refractivity contribution in [3.8, 4) is 10.4 Å². The van der Waals surface area contributed by atoms with Crippen LogP contribution in [0.4, 0.5) is 0 Å². The van der Waals surface area contributed by atoms with Gasteiger partial charge in [-0.3, -0.25) is 0 Å². The number of thiophene rings is 1. The minimum Gasteiger partial charge on any atom is -0.378 e. The largest absolute Gasteiger partial charge is 0.378 e. The van der Waals surface area contributed by atoms with Crippen LogP contribution in [0.5, 0.6) is 0 Å². The van der Waals surface area contributed by atoms with Gasteiger partial charge in [0.2, 0.25) is 0 Å². The van der Waals surface area contributed by atoms with E-state index in [1.165, 1.54) is 21.7 Å². The highest BCUT2D eigenvalue weighted by atomic mass is 32.1. The van der Waals surface area contributed by atoms with Crippen molar-refractivity contribution < 1.29 is 4.74 Å². The van der Waals surface area contributed by atoms with E-state index in [-0.39, 0.29) is 0 Å². The van der Waals surface area contributed by atoms with Crippen molar-refractivity contribution in [1.82, 2.24) is 5.32 Å². The molecule has 21 heavy (non-hydrogen) atoms. The van der Waals surface area contributed by atoms with E-state index in [9.17, 15) is 0 Å². The normalized spacial score (nSPS) is 21.8. The molecule has 1 fully saturated rings. The molecule has 1 aliphatic heterocycles. The lowest BCUT2D eigenvalue weighted by Gasteiger charge is -2.16. The first-order chi connectivity index (χ1) is 10.4. The molecule has 2 atom stereocenters. The zero-order valence-corrected chi connectivity index (χ0v) is 13.4. The summed E-state index contributed by atoms with van der Waals surface area (Å²) in [6, 6.07) is 15.1. The Balaban J connectivity index is 1.51. The molecule has 112 valence electrons. The molecule has 1 aromatic carbocycles. The van der Waals surface area contributed by atoms with Gasteiger partial charge in [-0.15, -0.1) is 11.3 Å². The quantitative estimate of drug-likeness (QED) is 0.858. The fourth-order valence-electron chi connectivity index (χ4n) is 2.99. The van der Waals surface area contributed by atoms with Gasteiger partial charge in [-0.25, -0.2) is 0 Å². The second-order valence-electron chi connectivity index (χ2n) is 5.63. The molecule has 2 unspecified atom stereocenters.